The van der Waals surface area contributed by atoms with Gasteiger partial charge in [-0.3, -0.25) is 9.89 Å². The largest absolute Gasteiger partial charge is 0.496 e. The minimum absolute atomic E-state index is 0.376. The van der Waals surface area contributed by atoms with Crippen molar-refractivity contribution in [2.75, 3.05) is 39.8 Å². The number of nitrogens with one attached hydrogen (secondary N) is 2. The van der Waals surface area contributed by atoms with Crippen molar-refractivity contribution >= 4 is 5.96 Å². The lowest BCUT2D eigenvalue weighted by molar-refractivity contribution is 0.111. The number of guanidine groups is 1. The Morgan fingerprint density at radius 2 is 2.00 bits per heavy atom. The first-order valence-corrected chi connectivity index (χ1v) is 11.2. The highest BCUT2D eigenvalue weighted by molar-refractivity contribution is 5.79. The summed E-state index contributed by atoms with van der Waals surface area (Å²) in [4.78, 5) is 6.91. The molecule has 31 heavy (non-hydrogen) atoms. The SMILES string of the molecule is CCNC(=NCC(O)CN1CCc2ccccc2C1)NCCc1cc(C)ccc1OC. The molecule has 0 aromatic heterocycles. The number of rotatable bonds is 9. The second kappa shape index (κ2) is 11.7. The van der Waals surface area contributed by atoms with Crippen LogP contribution in [0.25, 0.3) is 0 Å². The van der Waals surface area contributed by atoms with E-state index in [2.05, 4.69) is 63.8 Å². The highest BCUT2D eigenvalue weighted by Crippen LogP contribution is 2.20. The van der Waals surface area contributed by atoms with Gasteiger partial charge in [0, 0.05) is 32.7 Å². The van der Waals surface area contributed by atoms with Crippen LogP contribution in [0.2, 0.25) is 0 Å². The van der Waals surface area contributed by atoms with Crippen molar-refractivity contribution in [1.82, 2.24) is 15.5 Å². The van der Waals surface area contributed by atoms with Gasteiger partial charge in [-0.15, -0.1) is 0 Å². The number of aliphatic hydroxyl groups excluding tert-OH is 1. The van der Waals surface area contributed by atoms with E-state index in [0.717, 1.165) is 50.7 Å². The van der Waals surface area contributed by atoms with E-state index < -0.39 is 6.10 Å². The van der Waals surface area contributed by atoms with Crippen molar-refractivity contribution in [2.45, 2.75) is 39.3 Å². The van der Waals surface area contributed by atoms with E-state index in [1.54, 1.807) is 7.11 Å². The van der Waals surface area contributed by atoms with Gasteiger partial charge in [0.05, 0.1) is 19.8 Å². The first kappa shape index (κ1) is 23.1. The molecule has 0 saturated heterocycles. The molecule has 3 rings (SSSR count). The van der Waals surface area contributed by atoms with Crippen molar-refractivity contribution < 1.29 is 9.84 Å². The molecule has 1 unspecified atom stereocenters. The molecular weight excluding hydrogens is 388 g/mol. The van der Waals surface area contributed by atoms with Gasteiger partial charge in [-0.05, 0) is 49.4 Å². The van der Waals surface area contributed by atoms with E-state index >= 15 is 0 Å². The standard InChI is InChI=1S/C25H36N4O2/c1-4-26-25(27-13-11-21-15-19(2)9-10-24(21)31-3)28-16-23(30)18-29-14-12-20-7-5-6-8-22(20)17-29/h5-10,15,23,30H,4,11-14,16-18H2,1-3H3,(H2,26,27,28). The van der Waals surface area contributed by atoms with Crippen LogP contribution in [0, 0.1) is 6.92 Å². The molecule has 0 radical (unpaired) electrons. The van der Waals surface area contributed by atoms with Crippen LogP contribution in [0.3, 0.4) is 0 Å². The summed E-state index contributed by atoms with van der Waals surface area (Å²) < 4.78 is 5.47. The smallest absolute Gasteiger partial charge is 0.191 e. The normalized spacial score (nSPS) is 15.3. The molecule has 2 aromatic rings. The predicted octanol–water partition coefficient (Wildman–Crippen LogP) is 2.52. The van der Waals surface area contributed by atoms with E-state index in [1.807, 2.05) is 13.0 Å². The quantitative estimate of drug-likeness (QED) is 0.426. The average Bonchev–Trinajstić information content (AvgIpc) is 2.77. The predicted molar refractivity (Wildman–Crippen MR) is 127 cm³/mol. The Hall–Kier alpha value is -2.57. The molecule has 1 atom stereocenters. The maximum absolute atomic E-state index is 10.5. The van der Waals surface area contributed by atoms with Gasteiger partial charge in [-0.25, -0.2) is 0 Å². The minimum atomic E-state index is -0.488. The fourth-order valence-corrected chi connectivity index (χ4v) is 4.02. The first-order valence-electron chi connectivity index (χ1n) is 11.2. The molecular formula is C25H36N4O2. The van der Waals surface area contributed by atoms with Crippen LogP contribution in [0.5, 0.6) is 5.75 Å². The first-order chi connectivity index (χ1) is 15.1. The number of hydrogen-bond acceptors (Lipinski definition) is 4. The molecule has 0 amide bonds. The van der Waals surface area contributed by atoms with E-state index in [-0.39, 0.29) is 0 Å². The highest BCUT2D eigenvalue weighted by atomic mass is 16.5. The Morgan fingerprint density at radius 3 is 2.77 bits per heavy atom. The molecule has 0 aliphatic carbocycles. The molecule has 1 heterocycles. The van der Waals surface area contributed by atoms with Crippen LogP contribution in [0.4, 0.5) is 0 Å². The molecule has 0 fully saturated rings. The number of benzene rings is 2. The molecule has 3 N–H and O–H groups in total. The number of β-amino-alcohol motifs (C(OH)–C–C–N with tert-alkyl or cyclic N) is 1. The van der Waals surface area contributed by atoms with Crippen LogP contribution in [0.15, 0.2) is 47.5 Å². The second-order valence-corrected chi connectivity index (χ2v) is 8.12. The molecule has 1 aliphatic heterocycles. The van der Waals surface area contributed by atoms with E-state index in [1.165, 1.54) is 22.3 Å². The molecule has 6 heteroatoms. The summed E-state index contributed by atoms with van der Waals surface area (Å²) in [6.45, 7) is 8.54. The molecule has 1 aliphatic rings. The number of fused-ring (bicyclic) bond motifs is 1. The molecule has 0 bridgehead atoms. The Balaban J connectivity index is 1.48. The van der Waals surface area contributed by atoms with Crippen LogP contribution in [-0.2, 0) is 19.4 Å². The maximum Gasteiger partial charge on any atom is 0.191 e. The third-order valence-corrected chi connectivity index (χ3v) is 5.61. The zero-order valence-electron chi connectivity index (χ0n) is 19.0. The van der Waals surface area contributed by atoms with E-state index in [4.69, 9.17) is 4.74 Å². The summed E-state index contributed by atoms with van der Waals surface area (Å²) in [5.41, 5.74) is 5.19. The van der Waals surface area contributed by atoms with Crippen LogP contribution in [-0.4, -0.2) is 61.9 Å². The topological polar surface area (TPSA) is 69.1 Å². The summed E-state index contributed by atoms with van der Waals surface area (Å²) >= 11 is 0. The van der Waals surface area contributed by atoms with E-state index in [9.17, 15) is 5.11 Å². The van der Waals surface area contributed by atoms with Gasteiger partial charge in [-0.1, -0.05) is 42.0 Å². The molecule has 6 nitrogen and oxygen atoms in total. The third-order valence-electron chi connectivity index (χ3n) is 5.61. The second-order valence-electron chi connectivity index (χ2n) is 8.12. The highest BCUT2D eigenvalue weighted by Gasteiger charge is 2.18. The molecule has 0 saturated carbocycles. The van der Waals surface area contributed by atoms with Crippen LogP contribution >= 0.6 is 0 Å². The van der Waals surface area contributed by atoms with Crippen molar-refractivity contribution in [3.05, 3.63) is 64.7 Å². The van der Waals surface area contributed by atoms with Gasteiger partial charge in [0.2, 0.25) is 0 Å². The lowest BCUT2D eigenvalue weighted by atomic mass is 10.00. The number of ether oxygens (including phenoxy) is 1. The Bertz CT molecular complexity index is 868. The Kier molecular flexibility index (Phi) is 8.74. The van der Waals surface area contributed by atoms with Crippen LogP contribution < -0.4 is 15.4 Å². The maximum atomic E-state index is 10.5. The zero-order valence-corrected chi connectivity index (χ0v) is 19.0. The zero-order chi connectivity index (χ0) is 22.1. The fraction of sp³-hybridized carbons (Fsp3) is 0.480. The van der Waals surface area contributed by atoms with Crippen LogP contribution in [0.1, 0.15) is 29.2 Å². The number of aryl methyl sites for hydroxylation is 1. The lowest BCUT2D eigenvalue weighted by Gasteiger charge is -2.30. The van der Waals surface area contributed by atoms with Gasteiger partial charge in [-0.2, -0.15) is 0 Å². The van der Waals surface area contributed by atoms with E-state index in [0.29, 0.717) is 13.1 Å². The summed E-state index contributed by atoms with van der Waals surface area (Å²) in [6, 6.07) is 14.8. The number of aliphatic hydroxyl groups is 1. The summed E-state index contributed by atoms with van der Waals surface area (Å²) in [5.74, 6) is 1.64. The monoisotopic (exact) mass is 424 g/mol. The average molecular weight is 425 g/mol. The Morgan fingerprint density at radius 1 is 1.19 bits per heavy atom. The van der Waals surface area contributed by atoms with Gasteiger partial charge in [0.1, 0.15) is 5.75 Å². The van der Waals surface area contributed by atoms with Gasteiger partial charge in [0.15, 0.2) is 5.96 Å². The van der Waals surface area contributed by atoms with Crippen molar-refractivity contribution in [1.29, 1.82) is 0 Å². The summed E-state index contributed by atoms with van der Waals surface area (Å²) in [5, 5.41) is 17.2. The van der Waals surface area contributed by atoms with Crippen molar-refractivity contribution in [2.24, 2.45) is 4.99 Å². The Labute approximate surface area is 186 Å². The number of aliphatic imine (C=N–C) groups is 1. The molecule has 2 aromatic carbocycles. The van der Waals surface area contributed by atoms with Gasteiger partial charge < -0.3 is 20.5 Å². The number of hydrogen-bond donors (Lipinski definition) is 3. The third kappa shape index (κ3) is 6.97. The lowest BCUT2D eigenvalue weighted by Crippen LogP contribution is -2.40. The summed E-state index contributed by atoms with van der Waals surface area (Å²) in [7, 11) is 1.70. The number of methoxy groups -OCH3 is 1. The van der Waals surface area contributed by atoms with Gasteiger partial charge >= 0.3 is 0 Å². The van der Waals surface area contributed by atoms with Crippen molar-refractivity contribution in [3.8, 4) is 5.75 Å². The fourth-order valence-electron chi connectivity index (χ4n) is 4.02. The number of nitrogens with zero attached hydrogens (tertiary/aromatic N) is 2. The van der Waals surface area contributed by atoms with Gasteiger partial charge in [0.25, 0.3) is 0 Å². The molecule has 0 spiro atoms. The molecule has 168 valence electrons. The summed E-state index contributed by atoms with van der Waals surface area (Å²) in [6.07, 6.45) is 1.39. The minimum Gasteiger partial charge on any atom is -0.496 e. The van der Waals surface area contributed by atoms with Crippen molar-refractivity contribution in [3.63, 3.8) is 0 Å².